The summed E-state index contributed by atoms with van der Waals surface area (Å²) in [6, 6.07) is 19.3. The summed E-state index contributed by atoms with van der Waals surface area (Å²) in [4.78, 5) is 10.5. The van der Waals surface area contributed by atoms with Crippen molar-refractivity contribution in [1.82, 2.24) is 0 Å². The predicted molar refractivity (Wildman–Crippen MR) is 112 cm³/mol. The van der Waals surface area contributed by atoms with E-state index in [2.05, 4.69) is 54.6 Å². The number of rotatable bonds is 1. The van der Waals surface area contributed by atoms with E-state index >= 15 is 0 Å². The molecule has 1 saturated carbocycles. The Morgan fingerprint density at radius 3 is 1.57 bits per heavy atom. The van der Waals surface area contributed by atoms with Crippen molar-refractivity contribution in [3.8, 4) is 0 Å². The summed E-state index contributed by atoms with van der Waals surface area (Å²) in [5.74, 6) is -0.270. The molecule has 1 N–H and O–H groups in total. The Morgan fingerprint density at radius 2 is 1.21 bits per heavy atom. The summed E-state index contributed by atoms with van der Waals surface area (Å²) >= 11 is 0. The molecule has 152 valence electrons. The normalized spacial score (nSPS) is 12.1. The van der Waals surface area contributed by atoms with Crippen molar-refractivity contribution in [1.29, 1.82) is 0 Å². The first kappa shape index (κ1) is 34.8. The fourth-order valence-corrected chi connectivity index (χ4v) is 3.27. The number of hydrogen-bond donors (Lipinski definition) is 0. The molecule has 1 amide bonds. The zero-order valence-electron chi connectivity index (χ0n) is 16.5. The monoisotopic (exact) mass is 467 g/mol. The van der Waals surface area contributed by atoms with E-state index in [0.29, 0.717) is 0 Å². The van der Waals surface area contributed by atoms with E-state index in [1.807, 2.05) is 0 Å². The van der Waals surface area contributed by atoms with E-state index in [0.717, 1.165) is 25.7 Å². The molecule has 1 fully saturated rings. The van der Waals surface area contributed by atoms with Crippen LogP contribution in [0.1, 0.15) is 32.1 Å². The molecule has 0 saturated heterocycles. The fourth-order valence-electron chi connectivity index (χ4n) is 3.27. The zero-order chi connectivity index (χ0) is 15.4. The van der Waals surface area contributed by atoms with Gasteiger partial charge in [-0.3, -0.25) is 0 Å². The van der Waals surface area contributed by atoms with Gasteiger partial charge in [-0.25, -0.2) is 0 Å². The SMILES string of the molecule is [CH3-].[CH3-].[Cl-].[Cl-].[NH-]C(=O)C1CCCCC1.[Si].[Ti+2].c1ccc2c(c1)[cH-]c1ccccc12. The van der Waals surface area contributed by atoms with Crippen molar-refractivity contribution in [2.75, 3.05) is 0 Å². The third-order valence-electron chi connectivity index (χ3n) is 4.50. The molecular weight excluding hydrogens is 441 g/mol. The van der Waals surface area contributed by atoms with E-state index in [4.69, 9.17) is 5.73 Å². The number of nitrogens with one attached hydrogen (secondary N) is 1. The Morgan fingerprint density at radius 1 is 0.821 bits per heavy atom. The van der Waals surface area contributed by atoms with Crippen LogP contribution in [0.4, 0.5) is 0 Å². The van der Waals surface area contributed by atoms with Crippen LogP contribution in [-0.4, -0.2) is 16.9 Å². The van der Waals surface area contributed by atoms with Crippen LogP contribution in [0.25, 0.3) is 27.3 Å². The van der Waals surface area contributed by atoms with Crippen LogP contribution in [-0.2, 0) is 26.5 Å². The van der Waals surface area contributed by atoms with Crippen LogP contribution in [0.5, 0.6) is 0 Å². The van der Waals surface area contributed by atoms with E-state index in [9.17, 15) is 4.79 Å². The first-order valence-electron chi connectivity index (χ1n) is 8.04. The Labute approximate surface area is 202 Å². The first-order valence-corrected chi connectivity index (χ1v) is 8.04. The Hall–Kier alpha value is -0.709. The van der Waals surface area contributed by atoms with Gasteiger partial charge in [0, 0.05) is 16.9 Å². The van der Waals surface area contributed by atoms with Crippen molar-refractivity contribution >= 4 is 38.4 Å². The molecule has 4 rings (SSSR count). The van der Waals surface area contributed by atoms with E-state index < -0.39 is 0 Å². The second-order valence-electron chi connectivity index (χ2n) is 6.02. The molecule has 2 nitrogen and oxygen atoms in total. The quantitative estimate of drug-likeness (QED) is 0.376. The molecule has 4 radical (unpaired) electrons. The minimum absolute atomic E-state index is 0. The third-order valence-corrected chi connectivity index (χ3v) is 4.50. The summed E-state index contributed by atoms with van der Waals surface area (Å²) in [5, 5.41) is 5.39. The average Bonchev–Trinajstić information content (AvgIpc) is 2.95. The number of amides is 1. The molecule has 3 aromatic rings. The van der Waals surface area contributed by atoms with Crippen LogP contribution in [0, 0.1) is 20.8 Å². The number of halogens is 2. The molecule has 0 spiro atoms. The third kappa shape index (κ3) is 8.75. The summed E-state index contributed by atoms with van der Waals surface area (Å²) in [6.45, 7) is 0. The molecule has 0 atom stereocenters. The summed E-state index contributed by atoms with van der Waals surface area (Å²) in [6.07, 6.45) is 5.47. The van der Waals surface area contributed by atoms with Gasteiger partial charge in [0.05, 0.1) is 5.91 Å². The van der Waals surface area contributed by atoms with Crippen LogP contribution in [0.3, 0.4) is 0 Å². The molecule has 0 aliphatic heterocycles. The van der Waals surface area contributed by atoms with E-state index in [-0.39, 0.29) is 84.2 Å². The second-order valence-corrected chi connectivity index (χ2v) is 6.02. The van der Waals surface area contributed by atoms with Crippen molar-refractivity contribution in [2.45, 2.75) is 32.1 Å². The maximum absolute atomic E-state index is 10.5. The fraction of sp³-hybridized carbons (Fsp3) is 0.273. The van der Waals surface area contributed by atoms with E-state index in [1.54, 1.807) is 0 Å². The van der Waals surface area contributed by atoms with Gasteiger partial charge in [-0.1, -0.05) is 55.7 Å². The predicted octanol–water partition coefficient (Wildman–Crippen LogP) is 0.383. The average molecular weight is 468 g/mol. The summed E-state index contributed by atoms with van der Waals surface area (Å²) in [5.41, 5.74) is 6.83. The molecule has 3 aromatic carbocycles. The molecule has 6 heteroatoms. The number of carbonyl (C=O) groups is 1. The number of carbonyl (C=O) groups excluding carboxylic acids is 1. The maximum Gasteiger partial charge on any atom is 2.00 e. The molecular formula is C22H27Cl2NOSiTi-4. The van der Waals surface area contributed by atoms with Gasteiger partial charge in [-0.05, 0) is 12.8 Å². The topological polar surface area (TPSA) is 40.9 Å². The van der Waals surface area contributed by atoms with Crippen LogP contribution < -0.4 is 24.8 Å². The Bertz CT molecular complexity index is 738. The maximum atomic E-state index is 10.5. The molecule has 28 heavy (non-hydrogen) atoms. The molecule has 0 bridgehead atoms. The van der Waals surface area contributed by atoms with Gasteiger partial charge >= 0.3 is 21.7 Å². The van der Waals surface area contributed by atoms with Gasteiger partial charge in [0.2, 0.25) is 0 Å². The minimum atomic E-state index is -0.352. The van der Waals surface area contributed by atoms with E-state index in [1.165, 1.54) is 28.0 Å². The molecule has 0 heterocycles. The Balaban J connectivity index is -0.000000177. The van der Waals surface area contributed by atoms with Crippen molar-refractivity contribution in [3.05, 3.63) is 75.2 Å². The summed E-state index contributed by atoms with van der Waals surface area (Å²) < 4.78 is 0. The number of benzene rings is 2. The van der Waals surface area contributed by atoms with Gasteiger partial charge in [0.1, 0.15) is 0 Å². The van der Waals surface area contributed by atoms with Crippen molar-refractivity contribution < 1.29 is 51.3 Å². The van der Waals surface area contributed by atoms with Gasteiger partial charge in [-0.15, -0.1) is 39.7 Å². The standard InChI is InChI=1S/C13H9.C7H13NO.2CH3.2ClH.Si.Ti/c1-3-7-12-10(5-1)9-11-6-2-4-8-13(11)12;8-7(9)6-4-2-1-3-5-6;;;;;;/h1-9H;6H,1-5H2,(H2,8,9);2*1H3;2*1H;;/q-1;;2*-1;;;;+2/p-3. The molecule has 1 aliphatic rings. The molecule has 0 unspecified atom stereocenters. The second kappa shape index (κ2) is 17.2. The van der Waals surface area contributed by atoms with Gasteiger partial charge in [0.25, 0.3) is 0 Å². The minimum Gasteiger partial charge on any atom is -1.00 e. The Kier molecular flexibility index (Phi) is 21.3. The van der Waals surface area contributed by atoms with Crippen LogP contribution >= 0.6 is 0 Å². The van der Waals surface area contributed by atoms with Crippen molar-refractivity contribution in [2.24, 2.45) is 5.92 Å². The molecule has 1 aliphatic carbocycles. The van der Waals surface area contributed by atoms with Crippen LogP contribution in [0.2, 0.25) is 0 Å². The first-order chi connectivity index (χ1) is 10.8. The van der Waals surface area contributed by atoms with Gasteiger partial charge < -0.3 is 50.2 Å². The summed E-state index contributed by atoms with van der Waals surface area (Å²) in [7, 11) is 0. The van der Waals surface area contributed by atoms with Gasteiger partial charge in [0.15, 0.2) is 0 Å². The zero-order valence-corrected chi connectivity index (χ0v) is 20.5. The number of fused-ring (bicyclic) bond motifs is 3. The molecule has 0 aromatic heterocycles. The smallest absolute Gasteiger partial charge is 1.00 e. The largest absolute Gasteiger partial charge is 2.00 e. The number of hydrogen-bond acceptors (Lipinski definition) is 1. The van der Waals surface area contributed by atoms with Crippen molar-refractivity contribution in [3.63, 3.8) is 0 Å². The van der Waals surface area contributed by atoms with Crippen LogP contribution in [0.15, 0.2) is 54.6 Å². The van der Waals surface area contributed by atoms with Gasteiger partial charge in [-0.2, -0.15) is 0 Å².